The zero-order valence-electron chi connectivity index (χ0n) is 11.8. The number of para-hydroxylation sites is 1. The molecular weight excluding hydrogens is 298 g/mol. The summed E-state index contributed by atoms with van der Waals surface area (Å²) in [6.45, 7) is 1.93. The Morgan fingerprint density at radius 2 is 1.73 bits per heavy atom. The third-order valence-corrected chi connectivity index (χ3v) is 3.81. The molecule has 4 rings (SSSR count). The van der Waals surface area contributed by atoms with Crippen LogP contribution >= 0.6 is 11.6 Å². The first-order valence-corrected chi connectivity index (χ1v) is 7.23. The van der Waals surface area contributed by atoms with Crippen LogP contribution in [-0.2, 0) is 0 Å². The van der Waals surface area contributed by atoms with Gasteiger partial charge in [0.05, 0.1) is 17.6 Å². The van der Waals surface area contributed by atoms with Gasteiger partial charge in [-0.1, -0.05) is 29.8 Å². The molecule has 6 heteroatoms. The Hall–Kier alpha value is -2.66. The second kappa shape index (κ2) is 4.96. The maximum Gasteiger partial charge on any atom is 0.257 e. The molecule has 2 aromatic carbocycles. The Kier molecular flexibility index (Phi) is 2.94. The van der Waals surface area contributed by atoms with E-state index in [0.717, 1.165) is 22.8 Å². The average Bonchev–Trinajstić information content (AvgIpc) is 2.82. The molecule has 0 fully saturated rings. The number of nitrogens with zero attached hydrogens (tertiary/aromatic N) is 5. The molecule has 5 nitrogen and oxygen atoms in total. The first-order chi connectivity index (χ1) is 10.7. The van der Waals surface area contributed by atoms with Crippen molar-refractivity contribution >= 4 is 29.5 Å². The molecule has 0 aliphatic carbocycles. The van der Waals surface area contributed by atoms with Crippen LogP contribution in [0.2, 0.25) is 5.02 Å². The van der Waals surface area contributed by atoms with Gasteiger partial charge in [-0.15, -0.1) is 10.2 Å². The fourth-order valence-corrected chi connectivity index (χ4v) is 2.63. The number of benzene rings is 2. The van der Waals surface area contributed by atoms with Crippen molar-refractivity contribution in [2.75, 3.05) is 5.01 Å². The van der Waals surface area contributed by atoms with Crippen LogP contribution < -0.4 is 5.01 Å². The summed E-state index contributed by atoms with van der Waals surface area (Å²) in [5.74, 6) is 1.47. The van der Waals surface area contributed by atoms with E-state index in [1.807, 2.05) is 66.2 Å². The maximum absolute atomic E-state index is 5.97. The molecule has 0 spiro atoms. The van der Waals surface area contributed by atoms with E-state index < -0.39 is 0 Å². The number of hydrogen-bond donors (Lipinski definition) is 0. The zero-order valence-corrected chi connectivity index (χ0v) is 12.6. The molecule has 0 N–H and O–H groups in total. The van der Waals surface area contributed by atoms with Gasteiger partial charge in [0.1, 0.15) is 5.82 Å². The van der Waals surface area contributed by atoms with Gasteiger partial charge in [-0.05, 0) is 37.3 Å². The lowest BCUT2D eigenvalue weighted by Gasteiger charge is -2.17. The van der Waals surface area contributed by atoms with Gasteiger partial charge >= 0.3 is 0 Å². The molecule has 108 valence electrons. The lowest BCUT2D eigenvalue weighted by atomic mass is 10.2. The monoisotopic (exact) mass is 309 g/mol. The van der Waals surface area contributed by atoms with Crippen molar-refractivity contribution in [3.05, 3.63) is 64.9 Å². The number of hydrogen-bond acceptors (Lipinski definition) is 4. The van der Waals surface area contributed by atoms with Gasteiger partial charge in [-0.25, -0.2) is 0 Å². The molecule has 0 unspecified atom stereocenters. The zero-order chi connectivity index (χ0) is 15.1. The van der Waals surface area contributed by atoms with Crippen LogP contribution in [0.5, 0.6) is 0 Å². The molecule has 3 aromatic rings. The summed E-state index contributed by atoms with van der Waals surface area (Å²) in [5, 5.41) is 15.5. The highest BCUT2D eigenvalue weighted by molar-refractivity contribution is 6.30. The van der Waals surface area contributed by atoms with Crippen molar-refractivity contribution in [1.82, 2.24) is 14.8 Å². The third-order valence-electron chi connectivity index (χ3n) is 3.56. The average molecular weight is 310 g/mol. The molecule has 0 amide bonds. The van der Waals surface area contributed by atoms with Crippen molar-refractivity contribution in [2.24, 2.45) is 5.10 Å². The minimum Gasteiger partial charge on any atom is -0.263 e. The van der Waals surface area contributed by atoms with Gasteiger partial charge in [0.15, 0.2) is 0 Å². The Labute approximate surface area is 132 Å². The van der Waals surface area contributed by atoms with Crippen LogP contribution in [0.4, 0.5) is 11.6 Å². The second-order valence-corrected chi connectivity index (χ2v) is 5.41. The highest BCUT2D eigenvalue weighted by atomic mass is 35.5. The standard InChI is InChI=1S/C16H12ClN5/c1-11-19-20-16-21(11)15-5-3-2-4-12(15)10-18-22(16)14-8-6-13(17)7-9-14/h2-10H,1H3. The van der Waals surface area contributed by atoms with E-state index in [2.05, 4.69) is 15.3 Å². The summed E-state index contributed by atoms with van der Waals surface area (Å²) >= 11 is 5.97. The summed E-state index contributed by atoms with van der Waals surface area (Å²) in [7, 11) is 0. The van der Waals surface area contributed by atoms with Crippen molar-refractivity contribution in [3.8, 4) is 5.69 Å². The summed E-state index contributed by atoms with van der Waals surface area (Å²) in [4.78, 5) is 0. The Bertz CT molecular complexity index is 866. The molecule has 0 atom stereocenters. The highest BCUT2D eigenvalue weighted by Crippen LogP contribution is 2.31. The van der Waals surface area contributed by atoms with Gasteiger partial charge in [-0.2, -0.15) is 10.1 Å². The van der Waals surface area contributed by atoms with Gasteiger partial charge in [0.2, 0.25) is 0 Å². The first kappa shape index (κ1) is 13.0. The highest BCUT2D eigenvalue weighted by Gasteiger charge is 2.22. The van der Waals surface area contributed by atoms with Crippen LogP contribution in [0.1, 0.15) is 11.4 Å². The van der Waals surface area contributed by atoms with Gasteiger partial charge in [0, 0.05) is 10.6 Å². The quantitative estimate of drug-likeness (QED) is 0.688. The van der Waals surface area contributed by atoms with Gasteiger partial charge in [0.25, 0.3) is 5.95 Å². The number of rotatable bonds is 1. The summed E-state index contributed by atoms with van der Waals surface area (Å²) in [6, 6.07) is 15.5. The minimum atomic E-state index is 0.654. The van der Waals surface area contributed by atoms with Crippen molar-refractivity contribution in [3.63, 3.8) is 0 Å². The molecule has 1 aliphatic heterocycles. The van der Waals surface area contributed by atoms with E-state index in [9.17, 15) is 0 Å². The lowest BCUT2D eigenvalue weighted by molar-refractivity contribution is 0.934. The molecule has 0 saturated carbocycles. The van der Waals surface area contributed by atoms with Crippen molar-refractivity contribution in [1.29, 1.82) is 0 Å². The van der Waals surface area contributed by atoms with Crippen LogP contribution in [0.15, 0.2) is 53.6 Å². The van der Waals surface area contributed by atoms with E-state index >= 15 is 0 Å². The second-order valence-electron chi connectivity index (χ2n) is 4.97. The van der Waals surface area contributed by atoms with Crippen molar-refractivity contribution < 1.29 is 0 Å². The predicted octanol–water partition coefficient (Wildman–Crippen LogP) is 3.71. The van der Waals surface area contributed by atoms with E-state index in [1.54, 1.807) is 5.01 Å². The summed E-state index contributed by atoms with van der Waals surface area (Å²) in [6.07, 6.45) is 1.83. The topological polar surface area (TPSA) is 46.3 Å². The molecule has 2 heterocycles. The number of aryl methyl sites for hydroxylation is 1. The van der Waals surface area contributed by atoms with E-state index in [1.165, 1.54) is 0 Å². The molecule has 0 radical (unpaired) electrons. The minimum absolute atomic E-state index is 0.654. The maximum atomic E-state index is 5.97. The SMILES string of the molecule is Cc1nnc2n1-c1ccccc1C=NN2c1ccc(Cl)cc1. The number of halogens is 1. The summed E-state index contributed by atoms with van der Waals surface area (Å²) in [5.41, 5.74) is 2.91. The largest absolute Gasteiger partial charge is 0.263 e. The molecular formula is C16H12ClN5. The third kappa shape index (κ3) is 1.98. The Balaban J connectivity index is 1.95. The molecule has 1 aliphatic rings. The Morgan fingerprint density at radius 3 is 2.55 bits per heavy atom. The fraction of sp³-hybridized carbons (Fsp3) is 0.0625. The van der Waals surface area contributed by atoms with E-state index in [-0.39, 0.29) is 0 Å². The molecule has 0 saturated heterocycles. The first-order valence-electron chi connectivity index (χ1n) is 6.85. The normalized spacial score (nSPS) is 12.7. The summed E-state index contributed by atoms with van der Waals surface area (Å²) < 4.78 is 2.00. The molecule has 0 bridgehead atoms. The molecule has 22 heavy (non-hydrogen) atoms. The van der Waals surface area contributed by atoms with E-state index in [0.29, 0.717) is 11.0 Å². The van der Waals surface area contributed by atoms with E-state index in [4.69, 9.17) is 11.6 Å². The fourth-order valence-electron chi connectivity index (χ4n) is 2.51. The van der Waals surface area contributed by atoms with Gasteiger partial charge < -0.3 is 0 Å². The number of aromatic nitrogens is 3. The smallest absolute Gasteiger partial charge is 0.257 e. The predicted molar refractivity (Wildman–Crippen MR) is 87.3 cm³/mol. The van der Waals surface area contributed by atoms with Crippen LogP contribution in [0.3, 0.4) is 0 Å². The van der Waals surface area contributed by atoms with Gasteiger partial charge in [-0.3, -0.25) is 4.57 Å². The van der Waals surface area contributed by atoms with Crippen LogP contribution in [0.25, 0.3) is 5.69 Å². The van der Waals surface area contributed by atoms with Crippen LogP contribution in [0, 0.1) is 6.92 Å². The number of anilines is 2. The number of fused-ring (bicyclic) bond motifs is 3. The number of hydrazone groups is 1. The lowest BCUT2D eigenvalue weighted by Crippen LogP contribution is -2.13. The van der Waals surface area contributed by atoms with Crippen LogP contribution in [-0.4, -0.2) is 21.0 Å². The molecule has 1 aromatic heterocycles. The Morgan fingerprint density at radius 1 is 0.955 bits per heavy atom. The van der Waals surface area contributed by atoms with Crippen molar-refractivity contribution in [2.45, 2.75) is 6.92 Å².